The minimum Gasteiger partial charge on any atom is -0.494 e. The van der Waals surface area contributed by atoms with Crippen LogP contribution < -0.4 is 4.74 Å². The summed E-state index contributed by atoms with van der Waals surface area (Å²) in [5.41, 5.74) is 2.65. The number of rotatable bonds is 5. The Balaban J connectivity index is 2.84. The van der Waals surface area contributed by atoms with Crippen LogP contribution in [0.25, 0.3) is 0 Å². The Morgan fingerprint density at radius 2 is 2.06 bits per heavy atom. The smallest absolute Gasteiger partial charge is 0.122 e. The first-order chi connectivity index (χ1) is 7.81. The van der Waals surface area contributed by atoms with Crippen LogP contribution in [0.5, 0.6) is 5.75 Å². The molecule has 0 bridgehead atoms. The van der Waals surface area contributed by atoms with Gasteiger partial charge in [0.1, 0.15) is 5.75 Å². The molecule has 1 nitrogen and oxygen atoms in total. The van der Waals surface area contributed by atoms with Crippen molar-refractivity contribution in [1.29, 1.82) is 0 Å². The topological polar surface area (TPSA) is 9.23 Å². The molecule has 0 spiro atoms. The normalized spacial score (nSPS) is 9.44. The maximum atomic E-state index is 5.62. The molecule has 0 aromatic heterocycles. The van der Waals surface area contributed by atoms with Gasteiger partial charge in [-0.15, -0.1) is 11.8 Å². The summed E-state index contributed by atoms with van der Waals surface area (Å²) in [4.78, 5) is 0. The Morgan fingerprint density at radius 1 is 1.25 bits per heavy atom. The maximum absolute atomic E-state index is 5.62. The van der Waals surface area contributed by atoms with Gasteiger partial charge in [0.2, 0.25) is 0 Å². The largest absolute Gasteiger partial charge is 0.494 e. The van der Waals surface area contributed by atoms with E-state index in [-0.39, 0.29) is 0 Å². The van der Waals surface area contributed by atoms with E-state index in [9.17, 15) is 0 Å². The predicted molar refractivity (Wildman–Crippen MR) is 68.8 cm³/mol. The summed E-state index contributed by atoms with van der Waals surface area (Å²) in [6, 6.07) is 6.46. The predicted octanol–water partition coefficient (Wildman–Crippen LogP) is 3.60. The molecule has 1 rings (SSSR count). The zero-order valence-electron chi connectivity index (χ0n) is 10.5. The number of aryl methyl sites for hydroxylation is 2. The van der Waals surface area contributed by atoms with E-state index in [1.807, 2.05) is 13.8 Å². The van der Waals surface area contributed by atoms with Crippen molar-refractivity contribution in [3.05, 3.63) is 29.3 Å². The molecule has 0 saturated carbocycles. The molecule has 0 fully saturated rings. The lowest BCUT2D eigenvalue weighted by Crippen LogP contribution is -1.98. The summed E-state index contributed by atoms with van der Waals surface area (Å²) in [6.07, 6.45) is 2.95. The summed E-state index contributed by atoms with van der Waals surface area (Å²) in [5, 5.41) is 0. The van der Waals surface area contributed by atoms with Crippen molar-refractivity contribution in [2.75, 3.05) is 6.61 Å². The monoisotopic (exact) mass is 216 g/mol. The Hall–Kier alpha value is -1.42. The fourth-order valence-corrected chi connectivity index (χ4v) is 1.67. The van der Waals surface area contributed by atoms with E-state index in [2.05, 4.69) is 37.0 Å². The van der Waals surface area contributed by atoms with E-state index in [0.717, 1.165) is 31.6 Å². The Bertz CT molecular complexity index is 382. The standard InChI is InChI=1S/C15H20O/c1-4-7-8-9-14-12-13(5-2)10-11-15(14)16-6-3/h10-12H,5-6,8-9H2,1-3H3. The van der Waals surface area contributed by atoms with Crippen molar-refractivity contribution in [2.24, 2.45) is 0 Å². The molecule has 0 heterocycles. The lowest BCUT2D eigenvalue weighted by molar-refractivity contribution is 0.336. The second-order valence-corrected chi connectivity index (χ2v) is 3.66. The SMILES string of the molecule is CC#CCCc1cc(CC)ccc1OCC. The molecule has 0 atom stereocenters. The van der Waals surface area contributed by atoms with Gasteiger partial charge >= 0.3 is 0 Å². The van der Waals surface area contributed by atoms with Gasteiger partial charge in [-0.3, -0.25) is 0 Å². The number of ether oxygens (including phenoxy) is 1. The molecule has 0 saturated heterocycles. The third-order valence-corrected chi connectivity index (χ3v) is 2.53. The number of hydrogen-bond donors (Lipinski definition) is 0. The molecule has 1 aromatic rings. The van der Waals surface area contributed by atoms with Crippen LogP contribution in [-0.2, 0) is 12.8 Å². The Kier molecular flexibility index (Phi) is 5.50. The van der Waals surface area contributed by atoms with Crippen LogP contribution in [-0.4, -0.2) is 6.61 Å². The van der Waals surface area contributed by atoms with Crippen molar-refractivity contribution >= 4 is 0 Å². The second kappa shape index (κ2) is 6.95. The van der Waals surface area contributed by atoms with Gasteiger partial charge in [0.15, 0.2) is 0 Å². The quantitative estimate of drug-likeness (QED) is 0.683. The highest BCUT2D eigenvalue weighted by Gasteiger charge is 2.03. The molecule has 0 aliphatic carbocycles. The third kappa shape index (κ3) is 3.62. The van der Waals surface area contributed by atoms with E-state index in [0.29, 0.717) is 0 Å². The summed E-state index contributed by atoms with van der Waals surface area (Å²) in [6.45, 7) is 6.79. The van der Waals surface area contributed by atoms with Crippen LogP contribution in [0.1, 0.15) is 38.3 Å². The summed E-state index contributed by atoms with van der Waals surface area (Å²) >= 11 is 0. The number of hydrogen-bond acceptors (Lipinski definition) is 1. The van der Waals surface area contributed by atoms with Gasteiger partial charge in [-0.1, -0.05) is 19.1 Å². The zero-order chi connectivity index (χ0) is 11.8. The van der Waals surface area contributed by atoms with E-state index in [1.54, 1.807) is 0 Å². The third-order valence-electron chi connectivity index (χ3n) is 2.53. The van der Waals surface area contributed by atoms with Gasteiger partial charge in [-0.05, 0) is 43.9 Å². The van der Waals surface area contributed by atoms with Crippen molar-refractivity contribution in [2.45, 2.75) is 40.0 Å². The lowest BCUT2D eigenvalue weighted by Gasteiger charge is -2.10. The van der Waals surface area contributed by atoms with Crippen LogP contribution in [0.15, 0.2) is 18.2 Å². The van der Waals surface area contributed by atoms with Crippen molar-refractivity contribution in [3.63, 3.8) is 0 Å². The van der Waals surface area contributed by atoms with Gasteiger partial charge < -0.3 is 4.74 Å². The summed E-state index contributed by atoms with van der Waals surface area (Å²) in [7, 11) is 0. The molecule has 1 heteroatoms. The van der Waals surface area contributed by atoms with Gasteiger partial charge in [0, 0.05) is 6.42 Å². The fraction of sp³-hybridized carbons (Fsp3) is 0.467. The summed E-state index contributed by atoms with van der Waals surface area (Å²) < 4.78 is 5.62. The van der Waals surface area contributed by atoms with Crippen LogP contribution in [0.2, 0.25) is 0 Å². The molecule has 0 aliphatic rings. The maximum Gasteiger partial charge on any atom is 0.122 e. The summed E-state index contributed by atoms with van der Waals surface area (Å²) in [5.74, 6) is 7.04. The fourth-order valence-electron chi connectivity index (χ4n) is 1.67. The van der Waals surface area contributed by atoms with Gasteiger partial charge in [-0.2, -0.15) is 0 Å². The molecule has 1 aromatic carbocycles. The first kappa shape index (κ1) is 12.6. The average molecular weight is 216 g/mol. The van der Waals surface area contributed by atoms with Crippen LogP contribution in [0.3, 0.4) is 0 Å². The minimum absolute atomic E-state index is 0.720. The molecular weight excluding hydrogens is 196 g/mol. The highest BCUT2D eigenvalue weighted by atomic mass is 16.5. The van der Waals surface area contributed by atoms with Gasteiger partial charge in [-0.25, -0.2) is 0 Å². The first-order valence-electron chi connectivity index (χ1n) is 5.96. The molecule has 0 aliphatic heterocycles. The Morgan fingerprint density at radius 3 is 2.69 bits per heavy atom. The molecular formula is C15H20O. The first-order valence-corrected chi connectivity index (χ1v) is 5.96. The molecule has 86 valence electrons. The van der Waals surface area contributed by atoms with Gasteiger partial charge in [0.25, 0.3) is 0 Å². The van der Waals surface area contributed by atoms with Crippen molar-refractivity contribution in [1.82, 2.24) is 0 Å². The highest BCUT2D eigenvalue weighted by molar-refractivity contribution is 5.37. The van der Waals surface area contributed by atoms with Crippen molar-refractivity contribution in [3.8, 4) is 17.6 Å². The molecule has 0 radical (unpaired) electrons. The average Bonchev–Trinajstić information content (AvgIpc) is 2.31. The molecule has 0 amide bonds. The van der Waals surface area contributed by atoms with Crippen LogP contribution in [0, 0.1) is 11.8 Å². The highest BCUT2D eigenvalue weighted by Crippen LogP contribution is 2.22. The lowest BCUT2D eigenvalue weighted by atomic mass is 10.0. The van der Waals surface area contributed by atoms with Crippen LogP contribution in [0.4, 0.5) is 0 Å². The zero-order valence-corrected chi connectivity index (χ0v) is 10.5. The van der Waals surface area contributed by atoms with E-state index >= 15 is 0 Å². The van der Waals surface area contributed by atoms with E-state index in [1.165, 1.54) is 11.1 Å². The molecule has 0 unspecified atom stereocenters. The number of benzene rings is 1. The molecule has 16 heavy (non-hydrogen) atoms. The Labute approximate surface area is 98.8 Å². The van der Waals surface area contributed by atoms with Gasteiger partial charge in [0.05, 0.1) is 6.61 Å². The van der Waals surface area contributed by atoms with E-state index in [4.69, 9.17) is 4.74 Å². The minimum atomic E-state index is 0.720. The molecule has 0 N–H and O–H groups in total. The second-order valence-electron chi connectivity index (χ2n) is 3.66. The van der Waals surface area contributed by atoms with Crippen LogP contribution >= 0.6 is 0 Å². The van der Waals surface area contributed by atoms with E-state index < -0.39 is 0 Å². The van der Waals surface area contributed by atoms with Crippen molar-refractivity contribution < 1.29 is 4.74 Å².